The van der Waals surface area contributed by atoms with Crippen LogP contribution in [0.1, 0.15) is 57.7 Å². The number of hydrogen-bond donors (Lipinski definition) is 2. The lowest BCUT2D eigenvalue weighted by atomic mass is 9.57. The van der Waals surface area contributed by atoms with Gasteiger partial charge in [0, 0.05) is 35.9 Å². The van der Waals surface area contributed by atoms with E-state index in [-0.39, 0.29) is 29.4 Å². The van der Waals surface area contributed by atoms with E-state index in [1.165, 1.54) is 0 Å². The predicted molar refractivity (Wildman–Crippen MR) is 115 cm³/mol. The fourth-order valence-corrected chi connectivity index (χ4v) is 4.77. The van der Waals surface area contributed by atoms with E-state index in [2.05, 4.69) is 55.6 Å². The standard InChI is InChI=1S/C18H30N4OS.HI/c1-6-19-17(20-9-14-21-13(10-24-14)11(2)3)22-15-12-7-8-23-16(12)18(15,4)5;/h10-12,15-16H,6-9H2,1-5H3,(H2,19,20,22);1H. The zero-order valence-electron chi connectivity index (χ0n) is 15.8. The van der Waals surface area contributed by atoms with Gasteiger partial charge in [-0.2, -0.15) is 0 Å². The number of aliphatic imine (C=N–C) groups is 1. The summed E-state index contributed by atoms with van der Waals surface area (Å²) in [6.45, 7) is 13.4. The summed E-state index contributed by atoms with van der Waals surface area (Å²) >= 11 is 1.70. The molecule has 2 aliphatic rings. The molecule has 1 aromatic heterocycles. The van der Waals surface area contributed by atoms with Crippen LogP contribution in [0.5, 0.6) is 0 Å². The Bertz CT molecular complexity index is 602. The van der Waals surface area contributed by atoms with Gasteiger partial charge in [-0.3, -0.25) is 0 Å². The SMILES string of the molecule is CCNC(=NCc1nc(C(C)C)cs1)NC1C2CCOC2C1(C)C.I. The summed E-state index contributed by atoms with van der Waals surface area (Å²) in [6, 6.07) is 0.422. The Morgan fingerprint density at radius 3 is 2.88 bits per heavy atom. The molecular formula is C18H31IN4OS. The van der Waals surface area contributed by atoms with Crippen molar-refractivity contribution in [1.82, 2.24) is 15.6 Å². The van der Waals surface area contributed by atoms with Crippen molar-refractivity contribution >= 4 is 41.3 Å². The largest absolute Gasteiger partial charge is 0.377 e. The quantitative estimate of drug-likeness (QED) is 0.385. The number of aromatic nitrogens is 1. The number of ether oxygens (including phenoxy) is 1. The predicted octanol–water partition coefficient (Wildman–Crippen LogP) is 3.75. The fourth-order valence-electron chi connectivity index (χ4n) is 3.89. The highest BCUT2D eigenvalue weighted by atomic mass is 127. The molecule has 3 unspecified atom stereocenters. The highest BCUT2D eigenvalue weighted by Crippen LogP contribution is 2.52. The Labute approximate surface area is 172 Å². The molecule has 1 saturated carbocycles. The maximum absolute atomic E-state index is 5.88. The fraction of sp³-hybridized carbons (Fsp3) is 0.778. The molecule has 0 amide bonds. The monoisotopic (exact) mass is 478 g/mol. The van der Waals surface area contributed by atoms with Gasteiger partial charge in [0.05, 0.1) is 18.3 Å². The van der Waals surface area contributed by atoms with Crippen molar-refractivity contribution in [3.05, 3.63) is 16.1 Å². The number of hydrogen-bond acceptors (Lipinski definition) is 4. The van der Waals surface area contributed by atoms with E-state index in [9.17, 15) is 0 Å². The van der Waals surface area contributed by atoms with Crippen LogP contribution in [0.15, 0.2) is 10.4 Å². The van der Waals surface area contributed by atoms with E-state index >= 15 is 0 Å². The minimum absolute atomic E-state index is 0. The average molecular weight is 478 g/mol. The van der Waals surface area contributed by atoms with Gasteiger partial charge in [0.1, 0.15) is 5.01 Å². The van der Waals surface area contributed by atoms with E-state index in [0.717, 1.165) is 36.2 Å². The molecule has 2 heterocycles. The van der Waals surface area contributed by atoms with Crippen LogP contribution in [0.3, 0.4) is 0 Å². The molecule has 3 atom stereocenters. The Morgan fingerprint density at radius 2 is 2.24 bits per heavy atom. The molecule has 25 heavy (non-hydrogen) atoms. The van der Waals surface area contributed by atoms with Gasteiger partial charge in [0.25, 0.3) is 0 Å². The number of guanidine groups is 1. The lowest BCUT2D eigenvalue weighted by Crippen LogP contribution is -2.67. The topological polar surface area (TPSA) is 58.5 Å². The van der Waals surface area contributed by atoms with Crippen LogP contribution in [-0.2, 0) is 11.3 Å². The smallest absolute Gasteiger partial charge is 0.191 e. The molecular weight excluding hydrogens is 447 g/mol. The lowest BCUT2D eigenvalue weighted by Gasteiger charge is -2.54. The molecule has 142 valence electrons. The van der Waals surface area contributed by atoms with Gasteiger partial charge in [-0.15, -0.1) is 35.3 Å². The second-order valence-electron chi connectivity index (χ2n) is 7.70. The van der Waals surface area contributed by atoms with Crippen LogP contribution in [0.25, 0.3) is 0 Å². The Hall–Kier alpha value is -0.410. The first-order chi connectivity index (χ1) is 11.4. The van der Waals surface area contributed by atoms with Crippen LogP contribution < -0.4 is 10.6 Å². The van der Waals surface area contributed by atoms with E-state index in [1.54, 1.807) is 11.3 Å². The summed E-state index contributed by atoms with van der Waals surface area (Å²) in [4.78, 5) is 9.43. The highest BCUT2D eigenvalue weighted by Gasteiger charge is 2.59. The number of rotatable bonds is 5. The van der Waals surface area contributed by atoms with Gasteiger partial charge in [-0.05, 0) is 19.3 Å². The number of fused-ring (bicyclic) bond motifs is 1. The minimum atomic E-state index is 0. The van der Waals surface area contributed by atoms with Gasteiger partial charge in [-0.1, -0.05) is 27.7 Å². The summed E-state index contributed by atoms with van der Waals surface area (Å²) in [7, 11) is 0. The molecule has 0 radical (unpaired) electrons. The summed E-state index contributed by atoms with van der Waals surface area (Å²) in [5.41, 5.74) is 1.32. The molecule has 3 rings (SSSR count). The highest BCUT2D eigenvalue weighted by molar-refractivity contribution is 14.0. The summed E-state index contributed by atoms with van der Waals surface area (Å²) in [5.74, 6) is 1.97. The zero-order chi connectivity index (χ0) is 17.3. The van der Waals surface area contributed by atoms with Gasteiger partial charge in [0.15, 0.2) is 5.96 Å². The van der Waals surface area contributed by atoms with Gasteiger partial charge < -0.3 is 15.4 Å². The van der Waals surface area contributed by atoms with Crippen LogP contribution in [0.4, 0.5) is 0 Å². The van der Waals surface area contributed by atoms with Crippen molar-refractivity contribution in [2.24, 2.45) is 16.3 Å². The number of nitrogens with one attached hydrogen (secondary N) is 2. The van der Waals surface area contributed by atoms with Crippen LogP contribution in [-0.4, -0.2) is 36.2 Å². The Kier molecular flexibility index (Phi) is 7.12. The molecule has 2 fully saturated rings. The summed E-state index contributed by atoms with van der Waals surface area (Å²) in [6.07, 6.45) is 1.54. The molecule has 0 spiro atoms. The summed E-state index contributed by atoms with van der Waals surface area (Å²) in [5, 5.41) is 10.2. The summed E-state index contributed by atoms with van der Waals surface area (Å²) < 4.78 is 5.88. The van der Waals surface area contributed by atoms with Gasteiger partial charge >= 0.3 is 0 Å². The van der Waals surface area contributed by atoms with Crippen molar-refractivity contribution in [3.8, 4) is 0 Å². The maximum atomic E-state index is 5.88. The lowest BCUT2D eigenvalue weighted by molar-refractivity contribution is -0.106. The second-order valence-corrected chi connectivity index (χ2v) is 8.65. The molecule has 1 aliphatic heterocycles. The van der Waals surface area contributed by atoms with Gasteiger partial charge in [-0.25, -0.2) is 9.98 Å². The van der Waals surface area contributed by atoms with Crippen LogP contribution >= 0.6 is 35.3 Å². The van der Waals surface area contributed by atoms with Crippen molar-refractivity contribution in [2.45, 2.75) is 65.6 Å². The number of thiazole rings is 1. The zero-order valence-corrected chi connectivity index (χ0v) is 19.0. The van der Waals surface area contributed by atoms with E-state index in [4.69, 9.17) is 9.73 Å². The second kappa shape index (κ2) is 8.52. The van der Waals surface area contributed by atoms with Crippen LogP contribution in [0, 0.1) is 11.3 Å². The van der Waals surface area contributed by atoms with E-state index in [0.29, 0.717) is 30.5 Å². The Balaban J connectivity index is 0.00000225. The molecule has 0 bridgehead atoms. The number of halogens is 1. The number of nitrogens with zero attached hydrogens (tertiary/aromatic N) is 2. The molecule has 0 aromatic carbocycles. The molecule has 5 nitrogen and oxygen atoms in total. The molecule has 2 N–H and O–H groups in total. The maximum Gasteiger partial charge on any atom is 0.191 e. The van der Waals surface area contributed by atoms with Crippen molar-refractivity contribution in [3.63, 3.8) is 0 Å². The molecule has 1 aliphatic carbocycles. The normalized spacial score (nSPS) is 27.4. The van der Waals surface area contributed by atoms with Gasteiger partial charge in [0.2, 0.25) is 0 Å². The molecule has 1 aromatic rings. The third kappa shape index (κ3) is 4.30. The third-order valence-corrected chi connectivity index (χ3v) is 6.12. The third-order valence-electron chi connectivity index (χ3n) is 5.27. The minimum Gasteiger partial charge on any atom is -0.377 e. The average Bonchev–Trinajstić information content (AvgIpc) is 3.17. The first-order valence-electron chi connectivity index (χ1n) is 9.04. The van der Waals surface area contributed by atoms with Crippen molar-refractivity contribution in [1.29, 1.82) is 0 Å². The molecule has 7 heteroatoms. The van der Waals surface area contributed by atoms with Crippen molar-refractivity contribution in [2.75, 3.05) is 13.2 Å². The van der Waals surface area contributed by atoms with E-state index < -0.39 is 0 Å². The Morgan fingerprint density at radius 1 is 1.48 bits per heavy atom. The first kappa shape index (κ1) is 20.9. The molecule has 1 saturated heterocycles. The first-order valence-corrected chi connectivity index (χ1v) is 9.92. The van der Waals surface area contributed by atoms with Crippen LogP contribution in [0.2, 0.25) is 0 Å². The van der Waals surface area contributed by atoms with E-state index in [1.807, 2.05) is 0 Å². The van der Waals surface area contributed by atoms with Crippen molar-refractivity contribution < 1.29 is 4.74 Å².